The maximum atomic E-state index is 14.1. The highest BCUT2D eigenvalue weighted by molar-refractivity contribution is 8.01. The number of thioether (sulfide) groups is 1. The molecular weight excluding hydrogens is 1280 g/mol. The number of ether oxygens (including phenoxy) is 2. The number of likely N-dealkylation sites (tertiary alicyclic amines) is 3. The number of carbonyl (C=O) groups excluding carboxylic acids is 7. The molecule has 2 aromatic carbocycles. The second-order valence-electron chi connectivity index (χ2n) is 25.2. The molecule has 4 atom stereocenters. The van der Waals surface area contributed by atoms with Gasteiger partial charge in [-0.1, -0.05) is 62.9 Å². The first-order valence-corrected chi connectivity index (χ1v) is 34.5. The molecule has 0 bridgehead atoms. The number of hydrogen-bond acceptors (Lipinski definition) is 19. The Balaban J connectivity index is 0.965. The fraction of sp³-hybridized carbons (Fsp3) is 0.618. The van der Waals surface area contributed by atoms with E-state index in [1.165, 1.54) is 28.9 Å². The summed E-state index contributed by atoms with van der Waals surface area (Å²) in [4.78, 5) is 142. The molecule has 0 aliphatic carbocycles. The Morgan fingerprint density at radius 3 is 2.21 bits per heavy atom. The van der Waals surface area contributed by atoms with Gasteiger partial charge in [0.15, 0.2) is 0 Å². The number of unbranched alkanes of at least 4 members (excludes halogenated alkanes) is 3. The van der Waals surface area contributed by atoms with Crippen LogP contribution in [-0.4, -0.2) is 256 Å². The number of esters is 1. The van der Waals surface area contributed by atoms with Crippen LogP contribution in [0, 0.1) is 30.1 Å². The summed E-state index contributed by atoms with van der Waals surface area (Å²) in [5.41, 5.74) is 3.01. The Hall–Kier alpha value is -7.91. The van der Waals surface area contributed by atoms with Crippen molar-refractivity contribution in [2.45, 2.75) is 133 Å². The van der Waals surface area contributed by atoms with Gasteiger partial charge < -0.3 is 50.5 Å². The average Bonchev–Trinajstić information content (AvgIpc) is 1.81. The Kier molecular flexibility index (Phi) is 32.3. The Bertz CT molecular complexity index is 3190. The number of nitriles is 1. The van der Waals surface area contributed by atoms with Crippen molar-refractivity contribution in [3.8, 4) is 11.8 Å². The minimum atomic E-state index is -3.19. The number of carboxylic acids is 3. The maximum Gasteiger partial charge on any atom is 0.317 e. The first-order chi connectivity index (χ1) is 46.4. The van der Waals surface area contributed by atoms with Crippen molar-refractivity contribution < 1.29 is 81.5 Å². The number of amides is 6. The van der Waals surface area contributed by atoms with E-state index in [-0.39, 0.29) is 120 Å². The van der Waals surface area contributed by atoms with Crippen molar-refractivity contribution in [1.29, 1.82) is 5.26 Å². The SMILES string of the molecule is CCN(CCN(CCN(CCNCC(=O)O)CC(=O)NCC(CCCCCOC(=O)CCCc1ccc(C)cc1)SC1CC(=O)N(CC(C)C(=O)N2CCC(CCCCOc3ccc4nccc(C(=O)NCC(=O)N5CC(F)(F)C[C@@H]5C#N)c4c3)CC2)C1=O)CC(=O)O)CC(=O)O. The zero-order valence-electron chi connectivity index (χ0n) is 55.9. The number of alkyl halides is 2. The summed E-state index contributed by atoms with van der Waals surface area (Å²) >= 11 is 1.29. The molecule has 29 heteroatoms. The third-order valence-electron chi connectivity index (χ3n) is 17.5. The van der Waals surface area contributed by atoms with Gasteiger partial charge in [-0.2, -0.15) is 5.26 Å². The van der Waals surface area contributed by atoms with E-state index >= 15 is 0 Å². The van der Waals surface area contributed by atoms with E-state index < -0.39 is 84.2 Å². The van der Waals surface area contributed by atoms with Crippen LogP contribution in [0.5, 0.6) is 5.75 Å². The van der Waals surface area contributed by atoms with Crippen molar-refractivity contribution in [3.05, 3.63) is 71.4 Å². The van der Waals surface area contributed by atoms with Crippen molar-refractivity contribution in [2.24, 2.45) is 11.8 Å². The largest absolute Gasteiger partial charge is 0.494 e. The summed E-state index contributed by atoms with van der Waals surface area (Å²) < 4.78 is 39.5. The van der Waals surface area contributed by atoms with E-state index in [2.05, 4.69) is 20.9 Å². The molecule has 1 aromatic heterocycles. The van der Waals surface area contributed by atoms with Gasteiger partial charge in [-0.25, -0.2) is 8.78 Å². The lowest BCUT2D eigenvalue weighted by Gasteiger charge is -2.34. The maximum absolute atomic E-state index is 14.1. The number of carboxylic acid groups (broad SMARTS) is 3. The van der Waals surface area contributed by atoms with Crippen LogP contribution in [0.2, 0.25) is 0 Å². The van der Waals surface area contributed by atoms with Crippen molar-refractivity contribution in [3.63, 3.8) is 0 Å². The molecule has 3 aliphatic rings. The Labute approximate surface area is 569 Å². The highest BCUT2D eigenvalue weighted by Crippen LogP contribution is 2.34. The predicted molar refractivity (Wildman–Crippen MR) is 356 cm³/mol. The van der Waals surface area contributed by atoms with Crippen molar-refractivity contribution in [1.82, 2.24) is 50.3 Å². The fourth-order valence-electron chi connectivity index (χ4n) is 12.0. The summed E-state index contributed by atoms with van der Waals surface area (Å²) in [6.07, 6.45) is 8.77. The molecule has 0 radical (unpaired) electrons. The molecule has 0 saturated carbocycles. The number of aromatic nitrogens is 1. The van der Waals surface area contributed by atoms with Gasteiger partial charge in [-0.05, 0) is 101 Å². The van der Waals surface area contributed by atoms with Crippen LogP contribution in [0.15, 0.2) is 54.7 Å². The predicted octanol–water partition coefficient (Wildman–Crippen LogP) is 4.70. The van der Waals surface area contributed by atoms with E-state index in [9.17, 15) is 77.3 Å². The number of fused-ring (bicyclic) bond motifs is 1. The first kappa shape index (κ1) is 78.1. The lowest BCUT2D eigenvalue weighted by atomic mass is 9.91. The first-order valence-electron chi connectivity index (χ1n) is 33.6. The van der Waals surface area contributed by atoms with Gasteiger partial charge in [0.2, 0.25) is 29.5 Å². The van der Waals surface area contributed by atoms with E-state index in [4.69, 9.17) is 9.47 Å². The number of piperidine rings is 1. The Morgan fingerprint density at radius 1 is 0.825 bits per heavy atom. The molecule has 532 valence electrons. The van der Waals surface area contributed by atoms with Crippen LogP contribution in [0.4, 0.5) is 8.78 Å². The van der Waals surface area contributed by atoms with Gasteiger partial charge in [0, 0.05) is 102 Å². The number of benzene rings is 2. The molecule has 26 nitrogen and oxygen atoms in total. The number of nitrogens with one attached hydrogen (secondary N) is 3. The molecule has 3 unspecified atom stereocenters. The zero-order chi connectivity index (χ0) is 70.4. The number of aliphatic carboxylic acids is 3. The fourth-order valence-corrected chi connectivity index (χ4v) is 13.5. The highest BCUT2D eigenvalue weighted by Gasteiger charge is 2.47. The third-order valence-corrected chi connectivity index (χ3v) is 19.0. The second kappa shape index (κ2) is 40.1. The van der Waals surface area contributed by atoms with Crippen LogP contribution in [0.1, 0.15) is 119 Å². The van der Waals surface area contributed by atoms with Gasteiger partial charge in [0.1, 0.15) is 11.8 Å². The highest BCUT2D eigenvalue weighted by atomic mass is 32.2. The van der Waals surface area contributed by atoms with E-state index in [1.54, 1.807) is 57.7 Å². The molecule has 0 spiro atoms. The van der Waals surface area contributed by atoms with Gasteiger partial charge in [-0.3, -0.25) is 72.5 Å². The molecule has 97 heavy (non-hydrogen) atoms. The summed E-state index contributed by atoms with van der Waals surface area (Å²) in [6.45, 7) is 6.57. The average molecular weight is 1380 g/mol. The molecule has 3 fully saturated rings. The van der Waals surface area contributed by atoms with Gasteiger partial charge in [0.05, 0.1) is 80.8 Å². The summed E-state index contributed by atoms with van der Waals surface area (Å²) in [7, 11) is 0. The van der Waals surface area contributed by atoms with Crippen LogP contribution < -0.4 is 20.7 Å². The summed E-state index contributed by atoms with van der Waals surface area (Å²) in [6, 6.07) is 15.2. The molecule has 6 rings (SSSR count). The third kappa shape index (κ3) is 27.1. The Morgan fingerprint density at radius 2 is 1.52 bits per heavy atom. The number of pyridine rings is 1. The standard InChI is InChI=1S/C68H95F2N11O15S/c1-4-76(44-62(87)88)29-30-78(45-63(89)90)32-31-77(28-25-72-41-61(85)86)43-58(82)74-39-53(13-6-5-8-34-96-64(91)14-10-12-49-17-15-47(2)16-18-49)97-57-36-59(83)80(67(57)94)42-48(3)66(93)79-26-22-50(23-27-79)11-7-9-33-95-52-19-20-56-55(35-52)54(21-24-73-56)65(92)75-40-60(84)81-46-68(69,70)37-51(81)38-71/h15-21,24,35,48,50-51,53,57,72H,4-14,22-23,25-34,36-37,39-46H2,1-3H3,(H,74,82)(H,75,92)(H,85,86)(H,87,88)(H,89,90)/t48?,51-,53?,57?/m1/s1. The smallest absolute Gasteiger partial charge is 0.317 e. The van der Waals surface area contributed by atoms with Crippen LogP contribution >= 0.6 is 11.8 Å². The van der Waals surface area contributed by atoms with Gasteiger partial charge in [0.25, 0.3) is 11.8 Å². The monoisotopic (exact) mass is 1380 g/mol. The number of carbonyl (C=O) groups is 10. The van der Waals surface area contributed by atoms with Crippen LogP contribution in [0.25, 0.3) is 10.9 Å². The van der Waals surface area contributed by atoms with E-state index in [0.29, 0.717) is 87.3 Å². The van der Waals surface area contributed by atoms with Crippen molar-refractivity contribution in [2.75, 3.05) is 124 Å². The van der Waals surface area contributed by atoms with Crippen LogP contribution in [-0.2, 0) is 54.3 Å². The van der Waals surface area contributed by atoms with E-state index in [0.717, 1.165) is 54.6 Å². The molecule has 6 amide bonds. The van der Waals surface area contributed by atoms with Crippen LogP contribution in [0.3, 0.4) is 0 Å². The lowest BCUT2D eigenvalue weighted by molar-refractivity contribution is -0.144. The van der Waals surface area contributed by atoms with E-state index in [1.807, 2.05) is 31.2 Å². The summed E-state index contributed by atoms with van der Waals surface area (Å²) in [5, 5.41) is 45.1. The molecular formula is C68H95F2N11O15S. The number of halogens is 2. The molecule has 3 saturated heterocycles. The topological polar surface area (TPSA) is 342 Å². The number of likely N-dealkylation sites (N-methyl/N-ethyl adjacent to an activating group) is 1. The molecule has 3 aromatic rings. The quantitative estimate of drug-likeness (QED) is 0.0254. The van der Waals surface area contributed by atoms with Gasteiger partial charge in [-0.15, -0.1) is 11.8 Å². The number of hydrogen-bond donors (Lipinski definition) is 6. The summed E-state index contributed by atoms with van der Waals surface area (Å²) in [5.74, 6) is -9.19. The molecule has 3 aliphatic heterocycles. The van der Waals surface area contributed by atoms with Gasteiger partial charge >= 0.3 is 23.9 Å². The number of imide groups is 1. The molecule has 4 heterocycles. The zero-order valence-corrected chi connectivity index (χ0v) is 56.7. The van der Waals surface area contributed by atoms with Crippen molar-refractivity contribution >= 4 is 82.0 Å². The number of aryl methyl sites for hydroxylation is 2. The second-order valence-corrected chi connectivity index (χ2v) is 26.8. The number of nitrogens with zero attached hydrogens (tertiary/aromatic N) is 8. The minimum absolute atomic E-state index is 0.0851. The normalized spacial score (nSPS) is 17.0. The number of rotatable bonds is 44. The lowest BCUT2D eigenvalue weighted by Crippen LogP contribution is -2.47. The minimum Gasteiger partial charge on any atom is -0.494 e. The molecule has 6 N–H and O–H groups in total.